The summed E-state index contributed by atoms with van der Waals surface area (Å²) in [4.78, 5) is 3.15. The van der Waals surface area contributed by atoms with Gasteiger partial charge in [-0.25, -0.2) is 0 Å². The quantitative estimate of drug-likeness (QED) is 0.227. The predicted octanol–water partition coefficient (Wildman–Crippen LogP) is 4.64. The lowest BCUT2D eigenvalue weighted by Crippen LogP contribution is -2.27. The highest BCUT2D eigenvalue weighted by Gasteiger charge is 2.16. The van der Waals surface area contributed by atoms with Crippen molar-refractivity contribution in [2.45, 2.75) is 6.10 Å². The molecule has 0 aliphatic rings. The van der Waals surface area contributed by atoms with E-state index in [-0.39, 0.29) is 19.3 Å². The molecule has 0 saturated carbocycles. The van der Waals surface area contributed by atoms with Crippen LogP contribution >= 0.6 is 0 Å². The second-order valence-electron chi connectivity index (χ2n) is 9.11. The molecule has 41 heavy (non-hydrogen) atoms. The zero-order valence-corrected chi connectivity index (χ0v) is 22.8. The van der Waals surface area contributed by atoms with Gasteiger partial charge in [0.2, 0.25) is 0 Å². The molecule has 11 nitrogen and oxygen atoms in total. The molecule has 2 heterocycles. The first-order chi connectivity index (χ1) is 20.1. The summed E-state index contributed by atoms with van der Waals surface area (Å²) in [5, 5.41) is 18.1. The van der Waals surface area contributed by atoms with E-state index in [2.05, 4.69) is 20.4 Å². The third-order valence-corrected chi connectivity index (χ3v) is 6.51. The van der Waals surface area contributed by atoms with Gasteiger partial charge in [-0.15, -0.1) is 20.4 Å². The first kappa shape index (κ1) is 26.1. The van der Waals surface area contributed by atoms with E-state index >= 15 is 0 Å². The molecule has 0 fully saturated rings. The molecule has 6 aromatic rings. The van der Waals surface area contributed by atoms with Crippen LogP contribution in [0.15, 0.2) is 84.9 Å². The Bertz CT molecular complexity index is 1600. The second kappa shape index (κ2) is 11.5. The van der Waals surface area contributed by atoms with Gasteiger partial charge in [-0.05, 0) is 48.5 Å². The minimum Gasteiger partial charge on any atom is -0.493 e. The van der Waals surface area contributed by atoms with E-state index in [4.69, 9.17) is 23.7 Å². The number of hydrogen-bond acceptors (Lipinski definition) is 9. The molecule has 11 heteroatoms. The Kier molecular flexibility index (Phi) is 7.33. The van der Waals surface area contributed by atoms with Gasteiger partial charge >= 0.3 is 0 Å². The maximum absolute atomic E-state index is 6.05. The van der Waals surface area contributed by atoms with E-state index in [9.17, 15) is 0 Å². The number of aromatic nitrogens is 6. The lowest BCUT2D eigenvalue weighted by Gasteiger charge is -2.19. The highest BCUT2D eigenvalue weighted by Crippen LogP contribution is 2.31. The van der Waals surface area contributed by atoms with Gasteiger partial charge in [0.25, 0.3) is 0 Å². The van der Waals surface area contributed by atoms with Crippen LogP contribution in [0.1, 0.15) is 0 Å². The van der Waals surface area contributed by atoms with Gasteiger partial charge in [-0.2, -0.15) is 9.59 Å². The van der Waals surface area contributed by atoms with Crippen LogP contribution in [0, 0.1) is 0 Å². The fourth-order valence-corrected chi connectivity index (χ4v) is 4.30. The zero-order chi connectivity index (χ0) is 28.2. The highest BCUT2D eigenvalue weighted by atomic mass is 16.6. The third kappa shape index (κ3) is 5.48. The lowest BCUT2D eigenvalue weighted by molar-refractivity contribution is 0.0225. The van der Waals surface area contributed by atoms with E-state index in [1.807, 2.05) is 84.9 Å². The largest absolute Gasteiger partial charge is 0.493 e. The smallest absolute Gasteiger partial charge is 0.162 e. The molecule has 0 saturated heterocycles. The molecule has 0 spiro atoms. The maximum Gasteiger partial charge on any atom is 0.162 e. The summed E-state index contributed by atoms with van der Waals surface area (Å²) in [6, 6.07) is 26.5. The van der Waals surface area contributed by atoms with Crippen LogP contribution in [-0.2, 0) is 4.74 Å². The van der Waals surface area contributed by atoms with Crippen LogP contribution in [0.25, 0.3) is 33.4 Å². The summed E-state index contributed by atoms with van der Waals surface area (Å²) in [5.74, 6) is 2.24. The second-order valence-corrected chi connectivity index (χ2v) is 9.11. The molecule has 0 N–H and O–H groups in total. The van der Waals surface area contributed by atoms with Crippen molar-refractivity contribution < 1.29 is 23.7 Å². The molecule has 0 amide bonds. The lowest BCUT2D eigenvalue weighted by atomic mass is 10.2. The van der Waals surface area contributed by atoms with Crippen LogP contribution in [0.4, 0.5) is 0 Å². The average molecular weight is 553 g/mol. The zero-order valence-electron chi connectivity index (χ0n) is 22.8. The van der Waals surface area contributed by atoms with Crippen molar-refractivity contribution in [1.82, 2.24) is 30.0 Å². The Labute approximate surface area is 235 Å². The van der Waals surface area contributed by atoms with Crippen molar-refractivity contribution in [1.29, 1.82) is 0 Å². The SMILES string of the molecule is COc1cc(-n2nc3ccccc3n2)ccc1OCC(COc1ccc(-n2nc3ccccc3n2)cc1OC)OC. The number of ether oxygens (including phenoxy) is 5. The maximum atomic E-state index is 6.05. The topological polar surface area (TPSA) is 108 Å². The monoisotopic (exact) mass is 552 g/mol. The van der Waals surface area contributed by atoms with Crippen LogP contribution in [0.3, 0.4) is 0 Å². The van der Waals surface area contributed by atoms with Gasteiger partial charge < -0.3 is 23.7 Å². The standard InChI is InChI=1S/C30H28N6O5/c1-37-22(18-40-27-14-12-20(16-29(27)38-2)35-31-23-8-4-5-9-24(23)32-35)19-41-28-15-13-21(17-30(28)39-3)36-33-25-10-6-7-11-26(25)34-36/h4-17,22H,18-19H2,1-3H3. The fraction of sp³-hybridized carbons (Fsp3) is 0.200. The van der Waals surface area contributed by atoms with E-state index in [0.29, 0.717) is 23.0 Å². The van der Waals surface area contributed by atoms with Gasteiger partial charge in [0.05, 0.1) is 25.6 Å². The summed E-state index contributed by atoms with van der Waals surface area (Å²) in [7, 11) is 4.79. The van der Waals surface area contributed by atoms with Crippen LogP contribution in [0.5, 0.6) is 23.0 Å². The predicted molar refractivity (Wildman–Crippen MR) is 153 cm³/mol. The van der Waals surface area contributed by atoms with Crippen molar-refractivity contribution in [3.8, 4) is 34.4 Å². The van der Waals surface area contributed by atoms with Crippen LogP contribution in [0.2, 0.25) is 0 Å². The molecule has 6 rings (SSSR count). The first-order valence-corrected chi connectivity index (χ1v) is 12.9. The van der Waals surface area contributed by atoms with E-state index in [1.54, 1.807) is 30.9 Å². The summed E-state index contributed by atoms with van der Waals surface area (Å²) in [5.41, 5.74) is 4.76. The Morgan fingerprint density at radius 3 is 1.27 bits per heavy atom. The molecule has 0 unspecified atom stereocenters. The van der Waals surface area contributed by atoms with Gasteiger partial charge in [-0.1, -0.05) is 24.3 Å². The molecule has 0 radical (unpaired) electrons. The third-order valence-electron chi connectivity index (χ3n) is 6.51. The van der Waals surface area contributed by atoms with Crippen molar-refractivity contribution in [3.05, 3.63) is 84.9 Å². The van der Waals surface area contributed by atoms with E-state index in [0.717, 1.165) is 33.4 Å². The van der Waals surface area contributed by atoms with E-state index < -0.39 is 0 Å². The molecule has 2 aromatic heterocycles. The Morgan fingerprint density at radius 1 is 0.537 bits per heavy atom. The normalized spacial score (nSPS) is 11.3. The van der Waals surface area contributed by atoms with Gasteiger partial charge in [-0.3, -0.25) is 0 Å². The Morgan fingerprint density at radius 2 is 0.927 bits per heavy atom. The molecule has 0 aliphatic heterocycles. The number of rotatable bonds is 11. The molecule has 208 valence electrons. The minimum absolute atomic E-state index is 0.236. The van der Waals surface area contributed by atoms with Crippen molar-refractivity contribution in [2.24, 2.45) is 0 Å². The number of methoxy groups -OCH3 is 3. The molecule has 0 bridgehead atoms. The highest BCUT2D eigenvalue weighted by molar-refractivity contribution is 5.74. The summed E-state index contributed by atoms with van der Waals surface area (Å²) >= 11 is 0. The number of hydrogen-bond donors (Lipinski definition) is 0. The molecule has 4 aromatic carbocycles. The first-order valence-electron chi connectivity index (χ1n) is 12.9. The van der Waals surface area contributed by atoms with Gasteiger partial charge in [0, 0.05) is 19.2 Å². The summed E-state index contributed by atoms with van der Waals surface area (Å²) in [6.45, 7) is 0.473. The average Bonchev–Trinajstić information content (AvgIpc) is 3.66. The van der Waals surface area contributed by atoms with E-state index in [1.165, 1.54) is 0 Å². The summed E-state index contributed by atoms with van der Waals surface area (Å²) in [6.07, 6.45) is -0.361. The van der Waals surface area contributed by atoms with Crippen LogP contribution in [-0.4, -0.2) is 70.6 Å². The van der Waals surface area contributed by atoms with Gasteiger partial charge in [0.15, 0.2) is 23.0 Å². The van der Waals surface area contributed by atoms with Crippen molar-refractivity contribution in [2.75, 3.05) is 34.5 Å². The van der Waals surface area contributed by atoms with Crippen molar-refractivity contribution in [3.63, 3.8) is 0 Å². The molecular formula is C30H28N6O5. The Hall–Kier alpha value is -5.16. The number of nitrogens with zero attached hydrogens (tertiary/aromatic N) is 6. The summed E-state index contributed by atoms with van der Waals surface area (Å²) < 4.78 is 28.9. The van der Waals surface area contributed by atoms with Crippen LogP contribution < -0.4 is 18.9 Å². The molecule has 0 atom stereocenters. The number of fused-ring (bicyclic) bond motifs is 2. The minimum atomic E-state index is -0.361. The van der Waals surface area contributed by atoms with Crippen molar-refractivity contribution >= 4 is 22.1 Å². The van der Waals surface area contributed by atoms with Gasteiger partial charge in [0.1, 0.15) is 41.4 Å². The number of benzene rings is 4. The molecular weight excluding hydrogens is 524 g/mol. The molecule has 0 aliphatic carbocycles. The fourth-order valence-electron chi connectivity index (χ4n) is 4.30. The Balaban J connectivity index is 1.11.